The van der Waals surface area contributed by atoms with Crippen LogP contribution in [-0.2, 0) is 0 Å². The maximum atomic E-state index is 10.8. The van der Waals surface area contributed by atoms with Gasteiger partial charge in [0.15, 0.2) is 0 Å². The predicted molar refractivity (Wildman–Crippen MR) is 96.5 cm³/mol. The van der Waals surface area contributed by atoms with Crippen LogP contribution in [0.1, 0.15) is 48.9 Å². The number of carboxylic acid groups (broad SMARTS) is 1. The summed E-state index contributed by atoms with van der Waals surface area (Å²) in [5.41, 5.74) is 2.15. The first-order chi connectivity index (χ1) is 12.2. The van der Waals surface area contributed by atoms with Gasteiger partial charge in [-0.1, -0.05) is 62.1 Å². The molecule has 0 saturated carbocycles. The lowest BCUT2D eigenvalue weighted by atomic mass is 10.0. The normalized spacial score (nSPS) is 10.6. The third kappa shape index (κ3) is 6.59. The lowest BCUT2D eigenvalue weighted by molar-refractivity contribution is -0.255. The number of benzene rings is 2. The number of hydrogen-bond donors (Lipinski definition) is 1. The second kappa shape index (κ2) is 10.5. The molecule has 2 aromatic carbocycles. The Kier molecular flexibility index (Phi) is 7.99. The molecule has 0 fully saturated rings. The molecule has 0 saturated heterocycles. The molecule has 2 rings (SSSR count). The Labute approximate surface area is 149 Å². The van der Waals surface area contributed by atoms with Gasteiger partial charge in [0.25, 0.3) is 0 Å². The van der Waals surface area contributed by atoms with Crippen LogP contribution in [0, 0.1) is 0 Å². The standard InChI is InChI=1S/C21H26O4/c22-15-5-3-1-2-4-6-16-25-20-13-11-18(12-14-20)17-7-9-19(10-8-17)21(23)24/h7-14,22H,1-6,15-16H2,(H,23,24)/p-1. The number of unbranched alkanes of at least 4 members (excludes halogenated alkanes) is 5. The van der Waals surface area contributed by atoms with E-state index in [0.29, 0.717) is 13.2 Å². The van der Waals surface area contributed by atoms with E-state index in [1.807, 2.05) is 24.3 Å². The minimum absolute atomic E-state index is 0.181. The van der Waals surface area contributed by atoms with Crippen molar-refractivity contribution < 1.29 is 19.7 Å². The van der Waals surface area contributed by atoms with E-state index in [-0.39, 0.29) is 5.56 Å². The molecule has 0 aromatic heterocycles. The van der Waals surface area contributed by atoms with Gasteiger partial charge < -0.3 is 19.7 Å². The lowest BCUT2D eigenvalue weighted by Gasteiger charge is -2.08. The SMILES string of the molecule is O=C([O-])c1ccc(-c2ccc(OCCCCCCCCO)cc2)cc1. The van der Waals surface area contributed by atoms with Crippen LogP contribution in [0.4, 0.5) is 0 Å². The van der Waals surface area contributed by atoms with Crippen molar-refractivity contribution in [3.63, 3.8) is 0 Å². The van der Waals surface area contributed by atoms with Gasteiger partial charge in [0, 0.05) is 6.61 Å². The third-order valence-corrected chi connectivity index (χ3v) is 4.13. The van der Waals surface area contributed by atoms with Crippen LogP contribution in [-0.4, -0.2) is 24.3 Å². The Morgan fingerprint density at radius 1 is 0.800 bits per heavy atom. The maximum absolute atomic E-state index is 10.8. The van der Waals surface area contributed by atoms with Crippen LogP contribution in [0.15, 0.2) is 48.5 Å². The molecule has 25 heavy (non-hydrogen) atoms. The quantitative estimate of drug-likeness (QED) is 0.636. The minimum Gasteiger partial charge on any atom is -0.545 e. The molecule has 0 radical (unpaired) electrons. The van der Waals surface area contributed by atoms with Crippen molar-refractivity contribution >= 4 is 5.97 Å². The Balaban J connectivity index is 1.73. The fraction of sp³-hybridized carbons (Fsp3) is 0.381. The number of carbonyl (C=O) groups is 1. The summed E-state index contributed by atoms with van der Waals surface area (Å²) in [5, 5.41) is 19.5. The van der Waals surface area contributed by atoms with E-state index < -0.39 is 5.97 Å². The highest BCUT2D eigenvalue weighted by molar-refractivity contribution is 5.86. The van der Waals surface area contributed by atoms with E-state index in [1.165, 1.54) is 12.8 Å². The van der Waals surface area contributed by atoms with Gasteiger partial charge in [-0.25, -0.2) is 0 Å². The zero-order chi connectivity index (χ0) is 17.9. The van der Waals surface area contributed by atoms with E-state index in [1.54, 1.807) is 24.3 Å². The van der Waals surface area contributed by atoms with Crippen LogP contribution in [0.5, 0.6) is 5.75 Å². The molecule has 0 aliphatic carbocycles. The molecule has 0 unspecified atom stereocenters. The van der Waals surface area contributed by atoms with Gasteiger partial charge in [-0.15, -0.1) is 0 Å². The monoisotopic (exact) mass is 341 g/mol. The molecule has 0 spiro atoms. The van der Waals surface area contributed by atoms with Crippen molar-refractivity contribution in [2.75, 3.05) is 13.2 Å². The number of carbonyl (C=O) groups excluding carboxylic acids is 1. The van der Waals surface area contributed by atoms with E-state index in [2.05, 4.69) is 0 Å². The fourth-order valence-corrected chi connectivity index (χ4v) is 2.65. The second-order valence-corrected chi connectivity index (χ2v) is 6.08. The van der Waals surface area contributed by atoms with Gasteiger partial charge >= 0.3 is 0 Å². The predicted octanol–water partition coefficient (Wildman–Crippen LogP) is 3.43. The van der Waals surface area contributed by atoms with Gasteiger partial charge in [0.05, 0.1) is 12.6 Å². The van der Waals surface area contributed by atoms with Crippen LogP contribution >= 0.6 is 0 Å². The van der Waals surface area contributed by atoms with Crippen LogP contribution in [0.2, 0.25) is 0 Å². The highest BCUT2D eigenvalue weighted by Gasteiger charge is 2.00. The first-order valence-corrected chi connectivity index (χ1v) is 8.86. The van der Waals surface area contributed by atoms with E-state index in [0.717, 1.165) is 42.6 Å². The van der Waals surface area contributed by atoms with Crippen LogP contribution in [0.25, 0.3) is 11.1 Å². The first kappa shape index (κ1) is 19.0. The molecular formula is C21H25O4-. The Hall–Kier alpha value is -2.33. The summed E-state index contributed by atoms with van der Waals surface area (Å²) in [5.74, 6) is -0.320. The number of hydrogen-bond acceptors (Lipinski definition) is 4. The second-order valence-electron chi connectivity index (χ2n) is 6.08. The van der Waals surface area contributed by atoms with Gasteiger partial charge in [-0.2, -0.15) is 0 Å². The summed E-state index contributed by atoms with van der Waals surface area (Å²) in [6.45, 7) is 1.000. The molecule has 1 N–H and O–H groups in total. The molecule has 0 atom stereocenters. The molecule has 0 aliphatic rings. The molecule has 0 heterocycles. The number of aromatic carboxylic acids is 1. The molecule has 134 valence electrons. The van der Waals surface area contributed by atoms with E-state index in [4.69, 9.17) is 9.84 Å². The van der Waals surface area contributed by atoms with Crippen molar-refractivity contribution in [3.8, 4) is 16.9 Å². The first-order valence-electron chi connectivity index (χ1n) is 8.86. The fourth-order valence-electron chi connectivity index (χ4n) is 2.65. The Bertz CT molecular complexity index is 632. The van der Waals surface area contributed by atoms with Crippen molar-refractivity contribution in [3.05, 3.63) is 54.1 Å². The molecule has 0 aliphatic heterocycles. The number of rotatable bonds is 11. The summed E-state index contributed by atoms with van der Waals surface area (Å²) < 4.78 is 5.75. The van der Waals surface area contributed by atoms with Gasteiger partial charge in [-0.3, -0.25) is 0 Å². The largest absolute Gasteiger partial charge is 0.545 e. The highest BCUT2D eigenvalue weighted by atomic mass is 16.5. The summed E-state index contributed by atoms with van der Waals surface area (Å²) in [7, 11) is 0. The van der Waals surface area contributed by atoms with E-state index in [9.17, 15) is 9.90 Å². The third-order valence-electron chi connectivity index (χ3n) is 4.13. The minimum atomic E-state index is -1.16. The number of aliphatic hydroxyl groups excluding tert-OH is 1. The highest BCUT2D eigenvalue weighted by Crippen LogP contribution is 2.23. The molecule has 4 nitrogen and oxygen atoms in total. The number of aliphatic hydroxyl groups is 1. The maximum Gasteiger partial charge on any atom is 0.119 e. The summed E-state index contributed by atoms with van der Waals surface area (Å²) in [6.07, 6.45) is 6.54. The Morgan fingerprint density at radius 2 is 1.32 bits per heavy atom. The summed E-state index contributed by atoms with van der Waals surface area (Å²) in [4.78, 5) is 10.8. The van der Waals surface area contributed by atoms with Gasteiger partial charge in [0.2, 0.25) is 0 Å². The van der Waals surface area contributed by atoms with Gasteiger partial charge in [0.1, 0.15) is 5.75 Å². The van der Waals surface area contributed by atoms with Gasteiger partial charge in [-0.05, 0) is 41.7 Å². The number of carboxylic acids is 1. The molecule has 0 bridgehead atoms. The Morgan fingerprint density at radius 3 is 1.88 bits per heavy atom. The summed E-state index contributed by atoms with van der Waals surface area (Å²) >= 11 is 0. The summed E-state index contributed by atoms with van der Waals surface area (Å²) in [6, 6.07) is 14.5. The lowest BCUT2D eigenvalue weighted by Crippen LogP contribution is -2.21. The molecule has 0 amide bonds. The van der Waals surface area contributed by atoms with Crippen molar-refractivity contribution in [2.45, 2.75) is 38.5 Å². The molecular weight excluding hydrogens is 316 g/mol. The smallest absolute Gasteiger partial charge is 0.119 e. The number of ether oxygens (including phenoxy) is 1. The van der Waals surface area contributed by atoms with Crippen LogP contribution < -0.4 is 9.84 Å². The zero-order valence-electron chi connectivity index (χ0n) is 14.4. The molecule has 4 heteroatoms. The molecule has 2 aromatic rings. The topological polar surface area (TPSA) is 69.6 Å². The van der Waals surface area contributed by atoms with Crippen molar-refractivity contribution in [2.24, 2.45) is 0 Å². The van der Waals surface area contributed by atoms with E-state index >= 15 is 0 Å². The average Bonchev–Trinajstić information content (AvgIpc) is 2.64. The average molecular weight is 341 g/mol. The van der Waals surface area contributed by atoms with Crippen molar-refractivity contribution in [1.82, 2.24) is 0 Å². The zero-order valence-corrected chi connectivity index (χ0v) is 14.4. The van der Waals surface area contributed by atoms with Crippen LogP contribution in [0.3, 0.4) is 0 Å². The van der Waals surface area contributed by atoms with Crippen molar-refractivity contribution in [1.29, 1.82) is 0 Å².